The minimum atomic E-state index is -1.04. The molecule has 0 aliphatic carbocycles. The molecule has 1 unspecified atom stereocenters. The molecule has 0 spiro atoms. The summed E-state index contributed by atoms with van der Waals surface area (Å²) in [6.45, 7) is 5.75. The van der Waals surface area contributed by atoms with E-state index < -0.39 is 47.8 Å². The van der Waals surface area contributed by atoms with Crippen molar-refractivity contribution in [1.29, 1.82) is 0 Å². The fourth-order valence-corrected chi connectivity index (χ4v) is 6.58. The molecule has 0 aliphatic heterocycles. The van der Waals surface area contributed by atoms with Gasteiger partial charge in [-0.3, -0.25) is 28.8 Å². The number of carbonyl (C=O) groups excluding carboxylic acids is 6. The van der Waals surface area contributed by atoms with Gasteiger partial charge in [0.1, 0.15) is 24.2 Å². The Kier molecular flexibility index (Phi) is 34.9. The van der Waals surface area contributed by atoms with Crippen LogP contribution in [0.1, 0.15) is 181 Å². The Hall–Kier alpha value is -3.30. The van der Waals surface area contributed by atoms with Gasteiger partial charge in [0.2, 0.25) is 35.4 Å². The van der Waals surface area contributed by atoms with Gasteiger partial charge in [-0.05, 0) is 96.7 Å². The maximum atomic E-state index is 13.9. The van der Waals surface area contributed by atoms with Crippen LogP contribution >= 0.6 is 0 Å². The molecule has 0 aromatic rings. The second-order valence-electron chi connectivity index (χ2n) is 15.4. The molecule has 0 saturated heterocycles. The van der Waals surface area contributed by atoms with Crippen LogP contribution in [-0.2, 0) is 28.8 Å². The molecule has 15 heteroatoms. The van der Waals surface area contributed by atoms with Gasteiger partial charge in [-0.1, -0.05) is 90.9 Å². The molecule has 0 bridgehead atoms. The van der Waals surface area contributed by atoms with Gasteiger partial charge >= 0.3 is 0 Å². The first-order valence-electron chi connectivity index (χ1n) is 22.4. The van der Waals surface area contributed by atoms with Gasteiger partial charge < -0.3 is 49.5 Å². The molecule has 0 heterocycles. The van der Waals surface area contributed by atoms with Crippen molar-refractivity contribution in [1.82, 2.24) is 26.6 Å². The summed E-state index contributed by atoms with van der Waals surface area (Å²) < 4.78 is 0. The number of rotatable bonds is 39. The van der Waals surface area contributed by atoms with Gasteiger partial charge in [-0.25, -0.2) is 0 Å². The fraction of sp³-hybridized carbons (Fsp3) is 0.857. The van der Waals surface area contributed by atoms with E-state index in [0.717, 1.165) is 38.5 Å². The molecule has 13 N–H and O–H groups in total. The summed E-state index contributed by atoms with van der Waals surface area (Å²) in [5, 5.41) is 14.1. The Morgan fingerprint density at radius 1 is 0.404 bits per heavy atom. The van der Waals surface area contributed by atoms with Crippen LogP contribution < -0.4 is 49.5 Å². The maximum absolute atomic E-state index is 13.9. The Morgan fingerprint density at radius 3 is 1.16 bits per heavy atom. The predicted molar refractivity (Wildman–Crippen MR) is 228 cm³/mol. The van der Waals surface area contributed by atoms with Crippen LogP contribution in [0, 0.1) is 0 Å². The Bertz CT molecular complexity index is 1100. The van der Waals surface area contributed by atoms with Crippen LogP contribution in [0.5, 0.6) is 0 Å². The Morgan fingerprint density at radius 2 is 0.754 bits per heavy atom. The highest BCUT2D eigenvalue weighted by atomic mass is 16.2. The summed E-state index contributed by atoms with van der Waals surface area (Å²) in [5.74, 6) is -2.76. The molecule has 0 aliphatic rings. The van der Waals surface area contributed by atoms with E-state index in [1.807, 2.05) is 0 Å². The summed E-state index contributed by atoms with van der Waals surface area (Å²) in [4.78, 5) is 79.1. The lowest BCUT2D eigenvalue weighted by Gasteiger charge is -2.26. The van der Waals surface area contributed by atoms with E-state index in [1.54, 1.807) is 0 Å². The van der Waals surface area contributed by atoms with Crippen LogP contribution in [0.3, 0.4) is 0 Å². The van der Waals surface area contributed by atoms with E-state index >= 15 is 0 Å². The summed E-state index contributed by atoms with van der Waals surface area (Å²) in [5.41, 5.74) is 22.6. The largest absolute Gasteiger partial charge is 0.368 e. The number of nitrogens with two attached hydrogens (primary N) is 4. The number of amides is 6. The van der Waals surface area contributed by atoms with E-state index in [9.17, 15) is 28.8 Å². The van der Waals surface area contributed by atoms with Crippen LogP contribution in [0.15, 0.2) is 0 Å². The lowest BCUT2D eigenvalue weighted by Crippen LogP contribution is -2.58. The Labute approximate surface area is 344 Å². The van der Waals surface area contributed by atoms with Crippen LogP contribution in [0.2, 0.25) is 0 Å². The van der Waals surface area contributed by atoms with Crippen LogP contribution in [0.25, 0.3) is 0 Å². The second-order valence-corrected chi connectivity index (χ2v) is 15.4. The van der Waals surface area contributed by atoms with E-state index in [-0.39, 0.29) is 44.0 Å². The number of hydrogen-bond acceptors (Lipinski definition) is 9. The van der Waals surface area contributed by atoms with Crippen LogP contribution in [0.4, 0.5) is 0 Å². The van der Waals surface area contributed by atoms with Gasteiger partial charge in [0.15, 0.2) is 0 Å². The van der Waals surface area contributed by atoms with E-state index in [2.05, 4.69) is 40.4 Å². The van der Waals surface area contributed by atoms with E-state index in [4.69, 9.17) is 22.9 Å². The maximum Gasteiger partial charge on any atom is 0.243 e. The monoisotopic (exact) mass is 810 g/mol. The highest BCUT2D eigenvalue weighted by Crippen LogP contribution is 2.11. The van der Waals surface area contributed by atoms with Crippen molar-refractivity contribution in [2.24, 2.45) is 22.9 Å². The van der Waals surface area contributed by atoms with Crippen molar-refractivity contribution in [2.45, 2.75) is 205 Å². The molecule has 0 aromatic carbocycles. The molecule has 4 atom stereocenters. The first-order chi connectivity index (χ1) is 27.5. The van der Waals surface area contributed by atoms with Gasteiger partial charge in [0.25, 0.3) is 0 Å². The minimum absolute atomic E-state index is 0.104. The number of carbonyl (C=O) groups is 6. The van der Waals surface area contributed by atoms with Crippen LogP contribution in [-0.4, -0.2) is 85.8 Å². The van der Waals surface area contributed by atoms with Crippen molar-refractivity contribution >= 4 is 35.4 Å². The van der Waals surface area contributed by atoms with Crippen molar-refractivity contribution in [2.75, 3.05) is 26.2 Å². The fourth-order valence-electron chi connectivity index (χ4n) is 6.58. The minimum Gasteiger partial charge on any atom is -0.368 e. The summed E-state index contributed by atoms with van der Waals surface area (Å²) >= 11 is 0. The molecule has 0 saturated carbocycles. The van der Waals surface area contributed by atoms with Crippen molar-refractivity contribution in [3.63, 3.8) is 0 Å². The van der Waals surface area contributed by atoms with Gasteiger partial charge in [0, 0.05) is 19.4 Å². The molecule has 0 aromatic heterocycles. The summed E-state index contributed by atoms with van der Waals surface area (Å²) in [6, 6.07) is -3.99. The van der Waals surface area contributed by atoms with E-state index in [1.165, 1.54) is 44.9 Å². The topological polar surface area (TPSA) is 267 Å². The third-order valence-corrected chi connectivity index (χ3v) is 10.2. The number of nitrogens with one attached hydrogen (secondary N) is 5. The standard InChI is InChI=1S/C42H83N9O6/c1-3-5-7-9-11-13-15-26-37(52)47-32-28-36(48-38(53)27-16-14-12-10-8-6-4-2)42(57)51-35(25-19-22-31-45)41(56)50-34(24-18-21-30-44)40(55)49-33(39(46)54)23-17-20-29-43/h33-36H,3-32,43-45H2,1-2H3,(H2,46,54)(H,47,52)(H,48,53)(H,49,55)(H,50,56)(H,51,57)/t33-,34-,35-,36?/m0/s1. The molecule has 0 radical (unpaired) electrons. The highest BCUT2D eigenvalue weighted by Gasteiger charge is 2.30. The Balaban J connectivity index is 5.83. The molecule has 0 rings (SSSR count). The van der Waals surface area contributed by atoms with Gasteiger partial charge in [0.05, 0.1) is 0 Å². The molecule has 15 nitrogen and oxygen atoms in total. The quantitative estimate of drug-likeness (QED) is 0.0410. The average molecular weight is 810 g/mol. The van der Waals surface area contributed by atoms with Crippen molar-refractivity contribution in [3.8, 4) is 0 Å². The smallest absolute Gasteiger partial charge is 0.243 e. The number of unbranched alkanes of at least 4 members (excludes halogenated alkanes) is 15. The lowest BCUT2D eigenvalue weighted by molar-refractivity contribution is -0.134. The second kappa shape index (κ2) is 37.0. The zero-order valence-corrected chi connectivity index (χ0v) is 35.8. The molecule has 0 fully saturated rings. The summed E-state index contributed by atoms with van der Waals surface area (Å²) in [6.07, 6.45) is 20.1. The predicted octanol–water partition coefficient (Wildman–Crippen LogP) is 3.59. The highest BCUT2D eigenvalue weighted by molar-refractivity contribution is 5.95. The molecule has 57 heavy (non-hydrogen) atoms. The van der Waals surface area contributed by atoms with Gasteiger partial charge in [-0.15, -0.1) is 0 Å². The summed E-state index contributed by atoms with van der Waals surface area (Å²) in [7, 11) is 0. The lowest BCUT2D eigenvalue weighted by atomic mass is 10.0. The van der Waals surface area contributed by atoms with E-state index in [0.29, 0.717) is 77.4 Å². The first-order valence-corrected chi connectivity index (χ1v) is 22.4. The zero-order valence-electron chi connectivity index (χ0n) is 35.8. The molecular formula is C42H83N9O6. The van der Waals surface area contributed by atoms with Crippen molar-refractivity contribution in [3.05, 3.63) is 0 Å². The molecule has 332 valence electrons. The molecule has 6 amide bonds. The number of primary amides is 1. The van der Waals surface area contributed by atoms with Gasteiger partial charge in [-0.2, -0.15) is 0 Å². The third kappa shape index (κ3) is 29.6. The molecular weight excluding hydrogens is 727 g/mol. The average Bonchev–Trinajstić information content (AvgIpc) is 3.18. The third-order valence-electron chi connectivity index (χ3n) is 10.2. The zero-order chi connectivity index (χ0) is 42.5. The first kappa shape index (κ1) is 53.7. The van der Waals surface area contributed by atoms with Crippen molar-refractivity contribution < 1.29 is 28.8 Å². The SMILES string of the molecule is CCCCCCCCCC(=O)NCCC(NC(=O)CCCCCCCCC)C(=O)N[C@@H](CCCCN)C(=O)N[C@@H](CCCCN)C(=O)N[C@@H](CCCCN)C(N)=O. The number of hydrogen-bond donors (Lipinski definition) is 9. The normalized spacial score (nSPS) is 13.2.